The van der Waals surface area contributed by atoms with E-state index in [0.717, 1.165) is 23.5 Å². The normalized spacial score (nSPS) is 16.3. The first kappa shape index (κ1) is 21.6. The Morgan fingerprint density at radius 3 is 2.50 bits per heavy atom. The smallest absolute Gasteiger partial charge is 0.223 e. The fourth-order valence-electron chi connectivity index (χ4n) is 3.02. The molecule has 4 nitrogen and oxygen atoms in total. The minimum atomic E-state index is 0. The average Bonchev–Trinajstić information content (AvgIpc) is 2.85. The number of aryl methyl sites for hydroxylation is 1. The zero-order valence-electron chi connectivity index (χ0n) is 13.3. The van der Waals surface area contributed by atoms with E-state index in [2.05, 4.69) is 4.98 Å². The van der Waals surface area contributed by atoms with Crippen LogP contribution in [-0.4, -0.2) is 29.4 Å². The van der Waals surface area contributed by atoms with E-state index in [1.54, 1.807) is 16.2 Å². The van der Waals surface area contributed by atoms with Gasteiger partial charge in [-0.15, -0.1) is 36.2 Å². The van der Waals surface area contributed by atoms with Gasteiger partial charge in [-0.25, -0.2) is 4.98 Å². The third-order valence-corrected chi connectivity index (χ3v) is 5.19. The Labute approximate surface area is 149 Å². The second-order valence-corrected chi connectivity index (χ2v) is 7.11. The molecule has 0 radical (unpaired) electrons. The van der Waals surface area contributed by atoms with Gasteiger partial charge < -0.3 is 10.6 Å². The summed E-state index contributed by atoms with van der Waals surface area (Å²) >= 11 is 1.63. The Bertz CT molecular complexity index is 461. The highest BCUT2D eigenvalue weighted by molar-refractivity contribution is 7.09. The number of hydrogen-bond donors (Lipinski definition) is 1. The van der Waals surface area contributed by atoms with Crippen LogP contribution in [0, 0.1) is 12.3 Å². The molecular formula is C15H27Cl2N3OS. The second kappa shape index (κ2) is 9.71. The highest BCUT2D eigenvalue weighted by Crippen LogP contribution is 2.38. The predicted molar refractivity (Wildman–Crippen MR) is 97.0 cm³/mol. The molecule has 1 heterocycles. The van der Waals surface area contributed by atoms with E-state index in [1.165, 1.54) is 19.3 Å². The molecular weight excluding hydrogens is 341 g/mol. The molecule has 0 aliphatic heterocycles. The summed E-state index contributed by atoms with van der Waals surface area (Å²) in [5.74, 6) is 0.197. The van der Waals surface area contributed by atoms with Gasteiger partial charge in [0.2, 0.25) is 5.91 Å². The first-order valence-electron chi connectivity index (χ1n) is 7.40. The number of carbonyl (C=O) groups is 1. The molecule has 1 fully saturated rings. The fourth-order valence-corrected chi connectivity index (χ4v) is 3.63. The molecule has 128 valence electrons. The molecule has 1 aromatic rings. The molecule has 0 spiro atoms. The van der Waals surface area contributed by atoms with Crippen molar-refractivity contribution >= 4 is 42.1 Å². The summed E-state index contributed by atoms with van der Waals surface area (Å²) in [5, 5.41) is 3.07. The molecule has 2 N–H and O–H groups in total. The Kier molecular flexibility index (Phi) is 9.55. The number of hydrogen-bond acceptors (Lipinski definition) is 4. The van der Waals surface area contributed by atoms with Crippen molar-refractivity contribution in [1.82, 2.24) is 9.88 Å². The van der Waals surface area contributed by atoms with Gasteiger partial charge in [-0.1, -0.05) is 19.3 Å². The zero-order valence-corrected chi connectivity index (χ0v) is 15.8. The van der Waals surface area contributed by atoms with Gasteiger partial charge in [0.15, 0.2) is 0 Å². The molecule has 1 aliphatic carbocycles. The number of nitrogens with zero attached hydrogens (tertiary/aromatic N) is 2. The van der Waals surface area contributed by atoms with Crippen molar-refractivity contribution in [3.63, 3.8) is 0 Å². The summed E-state index contributed by atoms with van der Waals surface area (Å²) in [7, 11) is 1.87. The summed E-state index contributed by atoms with van der Waals surface area (Å²) in [5.41, 5.74) is 6.98. The molecule has 0 bridgehead atoms. The number of thiazole rings is 1. The van der Waals surface area contributed by atoms with Crippen molar-refractivity contribution in [2.75, 3.05) is 13.6 Å². The number of aromatic nitrogens is 1. The highest BCUT2D eigenvalue weighted by Gasteiger charge is 2.33. The monoisotopic (exact) mass is 367 g/mol. The van der Waals surface area contributed by atoms with Crippen molar-refractivity contribution in [1.29, 1.82) is 0 Å². The molecule has 7 heteroatoms. The quantitative estimate of drug-likeness (QED) is 0.865. The molecule has 1 aliphatic rings. The second-order valence-electron chi connectivity index (χ2n) is 6.05. The maximum atomic E-state index is 12.4. The van der Waals surface area contributed by atoms with E-state index in [-0.39, 0.29) is 36.1 Å². The largest absolute Gasteiger partial charge is 0.340 e. The van der Waals surface area contributed by atoms with Gasteiger partial charge in [-0.05, 0) is 31.7 Å². The zero-order chi connectivity index (χ0) is 14.6. The highest BCUT2D eigenvalue weighted by atomic mass is 35.5. The van der Waals surface area contributed by atoms with Gasteiger partial charge in [0.25, 0.3) is 0 Å². The number of halogens is 2. The number of nitrogens with two attached hydrogens (primary N) is 1. The van der Waals surface area contributed by atoms with Gasteiger partial charge in [-0.2, -0.15) is 0 Å². The van der Waals surface area contributed by atoms with Crippen LogP contribution in [0.5, 0.6) is 0 Å². The Balaban J connectivity index is 0.00000220. The van der Waals surface area contributed by atoms with Crippen molar-refractivity contribution in [3.05, 3.63) is 16.1 Å². The lowest BCUT2D eigenvalue weighted by Crippen LogP contribution is -2.39. The van der Waals surface area contributed by atoms with Crippen LogP contribution in [0.1, 0.15) is 49.2 Å². The lowest BCUT2D eigenvalue weighted by molar-refractivity contribution is -0.133. The molecule has 0 atom stereocenters. The van der Waals surface area contributed by atoms with Crippen LogP contribution in [-0.2, 0) is 11.3 Å². The Hall–Kier alpha value is -0.360. The first-order chi connectivity index (χ1) is 9.54. The van der Waals surface area contributed by atoms with E-state index in [1.807, 2.05) is 19.4 Å². The van der Waals surface area contributed by atoms with Crippen LogP contribution in [0.15, 0.2) is 5.38 Å². The van der Waals surface area contributed by atoms with Crippen LogP contribution in [0.3, 0.4) is 0 Å². The third kappa shape index (κ3) is 5.69. The standard InChI is InChI=1S/C15H25N3OS.2ClH/c1-12-17-13(10-20-12)9-18(2)14(19)8-15(11-16)6-4-3-5-7-15;;/h10H,3-9,11,16H2,1-2H3;2*1H. The Morgan fingerprint density at radius 1 is 1.36 bits per heavy atom. The maximum absolute atomic E-state index is 12.4. The minimum absolute atomic E-state index is 0. The van der Waals surface area contributed by atoms with Crippen molar-refractivity contribution in [2.45, 2.75) is 52.0 Å². The van der Waals surface area contributed by atoms with Crippen molar-refractivity contribution < 1.29 is 4.79 Å². The molecule has 1 amide bonds. The molecule has 1 saturated carbocycles. The lowest BCUT2D eigenvalue weighted by atomic mass is 9.71. The summed E-state index contributed by atoms with van der Waals surface area (Å²) in [6.07, 6.45) is 6.48. The summed E-state index contributed by atoms with van der Waals surface area (Å²) in [4.78, 5) is 18.6. The van der Waals surface area contributed by atoms with E-state index < -0.39 is 0 Å². The molecule has 22 heavy (non-hydrogen) atoms. The topological polar surface area (TPSA) is 59.2 Å². The van der Waals surface area contributed by atoms with Gasteiger partial charge in [0.1, 0.15) is 0 Å². The summed E-state index contributed by atoms with van der Waals surface area (Å²) in [6, 6.07) is 0. The number of rotatable bonds is 5. The minimum Gasteiger partial charge on any atom is -0.340 e. The fraction of sp³-hybridized carbons (Fsp3) is 0.733. The van der Waals surface area contributed by atoms with Gasteiger partial charge >= 0.3 is 0 Å². The average molecular weight is 368 g/mol. The number of amides is 1. The lowest BCUT2D eigenvalue weighted by Gasteiger charge is -2.36. The van der Waals surface area contributed by atoms with Crippen LogP contribution in [0.2, 0.25) is 0 Å². The summed E-state index contributed by atoms with van der Waals surface area (Å²) in [6.45, 7) is 3.22. The molecule has 1 aromatic heterocycles. The Morgan fingerprint density at radius 2 is 2.00 bits per heavy atom. The third-order valence-electron chi connectivity index (χ3n) is 4.36. The molecule has 0 unspecified atom stereocenters. The summed E-state index contributed by atoms with van der Waals surface area (Å²) < 4.78 is 0. The van der Waals surface area contributed by atoms with Gasteiger partial charge in [0, 0.05) is 18.8 Å². The maximum Gasteiger partial charge on any atom is 0.223 e. The van der Waals surface area contributed by atoms with E-state index >= 15 is 0 Å². The van der Waals surface area contributed by atoms with Crippen LogP contribution in [0.25, 0.3) is 0 Å². The van der Waals surface area contributed by atoms with Crippen molar-refractivity contribution in [2.24, 2.45) is 11.1 Å². The van der Waals surface area contributed by atoms with Gasteiger partial charge in [-0.3, -0.25) is 4.79 Å². The SMILES string of the molecule is Cc1nc(CN(C)C(=O)CC2(CN)CCCCC2)cs1.Cl.Cl. The number of carbonyl (C=O) groups excluding carboxylic acids is 1. The van der Waals surface area contributed by atoms with E-state index in [9.17, 15) is 4.79 Å². The predicted octanol–water partition coefficient (Wildman–Crippen LogP) is 3.55. The van der Waals surface area contributed by atoms with Crippen LogP contribution >= 0.6 is 36.2 Å². The first-order valence-corrected chi connectivity index (χ1v) is 8.28. The van der Waals surface area contributed by atoms with E-state index in [0.29, 0.717) is 19.5 Å². The van der Waals surface area contributed by atoms with E-state index in [4.69, 9.17) is 5.73 Å². The molecule has 0 saturated heterocycles. The van der Waals surface area contributed by atoms with Crippen LogP contribution < -0.4 is 5.73 Å². The van der Waals surface area contributed by atoms with Crippen molar-refractivity contribution in [3.8, 4) is 0 Å². The molecule has 0 aromatic carbocycles. The molecule has 2 rings (SSSR count). The van der Waals surface area contributed by atoms with Gasteiger partial charge in [0.05, 0.1) is 17.2 Å². The van der Waals surface area contributed by atoms with Crippen LogP contribution in [0.4, 0.5) is 0 Å².